The highest BCUT2D eigenvalue weighted by Crippen LogP contribution is 2.33. The van der Waals surface area contributed by atoms with Crippen LogP contribution in [0.4, 0.5) is 5.69 Å². The Kier molecular flexibility index (Phi) is 4.90. The average molecular weight is 367 g/mol. The van der Waals surface area contributed by atoms with Gasteiger partial charge in [0, 0.05) is 30.9 Å². The van der Waals surface area contributed by atoms with Crippen LogP contribution in [0, 0.1) is 6.92 Å². The number of aliphatic hydroxyl groups is 1. The van der Waals surface area contributed by atoms with Crippen molar-refractivity contribution in [3.05, 3.63) is 29.8 Å². The molecular weight excluding hydrogens is 336 g/mol. The molecule has 1 aromatic carbocycles. The number of anilines is 1. The summed E-state index contributed by atoms with van der Waals surface area (Å²) < 4.78 is 23.7. The third-order valence-electron chi connectivity index (χ3n) is 6.03. The molecule has 140 valence electrons. The summed E-state index contributed by atoms with van der Waals surface area (Å²) in [6.45, 7) is 6.26. The summed E-state index contributed by atoms with van der Waals surface area (Å²) in [6.07, 6.45) is 2.06. The maximum Gasteiger partial charge on any atom is 0.152 e. The molecule has 2 aliphatic rings. The fourth-order valence-corrected chi connectivity index (χ4v) is 6.23. The summed E-state index contributed by atoms with van der Waals surface area (Å²) in [5, 5.41) is 11.0. The van der Waals surface area contributed by atoms with Gasteiger partial charge in [0.15, 0.2) is 9.84 Å². The van der Waals surface area contributed by atoms with E-state index in [1.54, 1.807) is 0 Å². The number of hydrogen-bond donors (Lipinski definition) is 1. The first kappa shape index (κ1) is 18.7. The second-order valence-electron chi connectivity index (χ2n) is 8.24. The zero-order chi connectivity index (χ0) is 18.3. The molecule has 3 rings (SSSR count). The molecule has 0 amide bonds. The number of rotatable bonds is 4. The first-order chi connectivity index (χ1) is 11.6. The molecule has 0 radical (unpaired) electrons. The van der Waals surface area contributed by atoms with Gasteiger partial charge >= 0.3 is 0 Å². The number of hydrogen-bond acceptors (Lipinski definition) is 5. The Balaban J connectivity index is 1.60. The van der Waals surface area contributed by atoms with E-state index in [-0.39, 0.29) is 17.0 Å². The van der Waals surface area contributed by atoms with Crippen LogP contribution >= 0.6 is 0 Å². The molecule has 2 heterocycles. The smallest absolute Gasteiger partial charge is 0.152 e. The molecule has 0 unspecified atom stereocenters. The van der Waals surface area contributed by atoms with Crippen LogP contribution in [0.25, 0.3) is 0 Å². The SMILES string of the molecule is Cc1ccc(N2CCC(O)(CN(C)[C@@]3(C)CCS(=O)(=O)C3)CC2)cc1. The third-order valence-corrected chi connectivity index (χ3v) is 7.92. The van der Waals surface area contributed by atoms with E-state index in [4.69, 9.17) is 0 Å². The van der Waals surface area contributed by atoms with Gasteiger partial charge in [-0.15, -0.1) is 0 Å². The zero-order valence-electron chi connectivity index (χ0n) is 15.5. The summed E-state index contributed by atoms with van der Waals surface area (Å²) in [7, 11) is -0.990. The summed E-state index contributed by atoms with van der Waals surface area (Å²) in [4.78, 5) is 4.38. The minimum Gasteiger partial charge on any atom is -0.388 e. The predicted octanol–water partition coefficient (Wildman–Crippen LogP) is 1.84. The van der Waals surface area contributed by atoms with Crippen molar-refractivity contribution in [1.82, 2.24) is 4.90 Å². The van der Waals surface area contributed by atoms with Crippen molar-refractivity contribution >= 4 is 15.5 Å². The molecule has 1 aromatic rings. The lowest BCUT2D eigenvalue weighted by molar-refractivity contribution is -0.0312. The van der Waals surface area contributed by atoms with Gasteiger partial charge in [0.05, 0.1) is 17.1 Å². The van der Waals surface area contributed by atoms with Gasteiger partial charge in [0.25, 0.3) is 0 Å². The highest BCUT2D eigenvalue weighted by atomic mass is 32.2. The summed E-state index contributed by atoms with van der Waals surface area (Å²) >= 11 is 0. The van der Waals surface area contributed by atoms with E-state index >= 15 is 0 Å². The van der Waals surface area contributed by atoms with Gasteiger partial charge < -0.3 is 10.0 Å². The topological polar surface area (TPSA) is 60.9 Å². The number of likely N-dealkylation sites (N-methyl/N-ethyl adjacent to an activating group) is 1. The van der Waals surface area contributed by atoms with Crippen LogP contribution in [-0.4, -0.2) is 67.8 Å². The highest BCUT2D eigenvalue weighted by Gasteiger charge is 2.44. The van der Waals surface area contributed by atoms with E-state index in [1.165, 1.54) is 11.3 Å². The minimum absolute atomic E-state index is 0.196. The van der Waals surface area contributed by atoms with Crippen molar-refractivity contribution in [2.75, 3.05) is 43.1 Å². The van der Waals surface area contributed by atoms with Crippen molar-refractivity contribution in [3.8, 4) is 0 Å². The maximum atomic E-state index is 11.9. The Hall–Kier alpha value is -1.11. The molecule has 0 aliphatic carbocycles. The Bertz CT molecular complexity index is 709. The zero-order valence-corrected chi connectivity index (χ0v) is 16.3. The van der Waals surface area contributed by atoms with Gasteiger partial charge in [0.1, 0.15) is 0 Å². The molecule has 5 nitrogen and oxygen atoms in total. The summed E-state index contributed by atoms with van der Waals surface area (Å²) in [5.41, 5.74) is 1.35. The van der Waals surface area contributed by atoms with Gasteiger partial charge in [0.2, 0.25) is 0 Å². The molecule has 2 saturated heterocycles. The Morgan fingerprint density at radius 2 is 1.76 bits per heavy atom. The first-order valence-corrected chi connectivity index (χ1v) is 10.9. The van der Waals surface area contributed by atoms with E-state index in [2.05, 4.69) is 41.0 Å². The second kappa shape index (κ2) is 6.56. The number of benzene rings is 1. The lowest BCUT2D eigenvalue weighted by atomic mass is 9.88. The summed E-state index contributed by atoms with van der Waals surface area (Å²) in [6, 6.07) is 8.50. The molecule has 6 heteroatoms. The van der Waals surface area contributed by atoms with Crippen LogP contribution in [-0.2, 0) is 9.84 Å². The number of β-amino-alcohol motifs (C(OH)–C–C–N with tert-alkyl or cyclic N) is 1. The van der Waals surface area contributed by atoms with Crippen LogP contribution in [0.2, 0.25) is 0 Å². The molecule has 2 fully saturated rings. The third kappa shape index (κ3) is 4.18. The molecular formula is C19H30N2O3S. The van der Waals surface area contributed by atoms with Gasteiger partial charge in [-0.1, -0.05) is 17.7 Å². The lowest BCUT2D eigenvalue weighted by Crippen LogP contribution is -2.55. The van der Waals surface area contributed by atoms with Crippen molar-refractivity contribution in [2.45, 2.75) is 44.2 Å². The molecule has 0 bridgehead atoms. The Labute approximate surface area is 151 Å². The van der Waals surface area contributed by atoms with E-state index in [1.807, 2.05) is 14.0 Å². The van der Waals surface area contributed by atoms with E-state index in [0.717, 1.165) is 13.1 Å². The van der Waals surface area contributed by atoms with Crippen molar-refractivity contribution < 1.29 is 13.5 Å². The number of piperidine rings is 1. The average Bonchev–Trinajstić information content (AvgIpc) is 2.84. The second-order valence-corrected chi connectivity index (χ2v) is 10.4. The van der Waals surface area contributed by atoms with Crippen LogP contribution < -0.4 is 4.90 Å². The quantitative estimate of drug-likeness (QED) is 0.881. The molecule has 1 atom stereocenters. The monoisotopic (exact) mass is 366 g/mol. The van der Waals surface area contributed by atoms with Gasteiger partial charge in [-0.05, 0) is 52.3 Å². The van der Waals surface area contributed by atoms with E-state index < -0.39 is 15.4 Å². The number of aryl methyl sites for hydroxylation is 1. The molecule has 1 N–H and O–H groups in total. The van der Waals surface area contributed by atoms with Crippen LogP contribution in [0.3, 0.4) is 0 Å². The van der Waals surface area contributed by atoms with Gasteiger partial charge in [-0.2, -0.15) is 0 Å². The largest absolute Gasteiger partial charge is 0.388 e. The highest BCUT2D eigenvalue weighted by molar-refractivity contribution is 7.91. The maximum absolute atomic E-state index is 11.9. The fourth-order valence-electron chi connectivity index (χ4n) is 4.02. The Morgan fingerprint density at radius 1 is 1.16 bits per heavy atom. The van der Waals surface area contributed by atoms with Crippen LogP contribution in [0.1, 0.15) is 31.7 Å². The molecule has 0 saturated carbocycles. The van der Waals surface area contributed by atoms with Crippen LogP contribution in [0.15, 0.2) is 24.3 Å². The minimum atomic E-state index is -2.94. The number of nitrogens with zero attached hydrogens (tertiary/aromatic N) is 2. The fraction of sp³-hybridized carbons (Fsp3) is 0.684. The van der Waals surface area contributed by atoms with E-state index in [0.29, 0.717) is 25.8 Å². The van der Waals surface area contributed by atoms with Crippen molar-refractivity contribution in [2.24, 2.45) is 0 Å². The standard InChI is InChI=1S/C19H30N2O3S/c1-16-4-6-17(7-5-16)21-11-8-19(22,9-12-21)14-20(3)18(2)10-13-25(23,24)15-18/h4-7,22H,8-15H2,1-3H3/t18-/m0/s1. The predicted molar refractivity (Wildman–Crippen MR) is 102 cm³/mol. The normalized spacial score (nSPS) is 28.4. The van der Waals surface area contributed by atoms with E-state index in [9.17, 15) is 13.5 Å². The number of sulfone groups is 1. The van der Waals surface area contributed by atoms with Crippen molar-refractivity contribution in [3.63, 3.8) is 0 Å². The Morgan fingerprint density at radius 3 is 2.28 bits per heavy atom. The molecule has 0 spiro atoms. The molecule has 0 aromatic heterocycles. The van der Waals surface area contributed by atoms with Gasteiger partial charge in [-0.3, -0.25) is 4.90 Å². The van der Waals surface area contributed by atoms with Gasteiger partial charge in [-0.25, -0.2) is 8.42 Å². The van der Waals surface area contributed by atoms with Crippen LogP contribution in [0.5, 0.6) is 0 Å². The van der Waals surface area contributed by atoms with Crippen molar-refractivity contribution in [1.29, 1.82) is 0 Å². The lowest BCUT2D eigenvalue weighted by Gasteiger charge is -2.44. The summed E-state index contributed by atoms with van der Waals surface area (Å²) in [5.74, 6) is 0.454. The molecule has 2 aliphatic heterocycles. The molecule has 25 heavy (non-hydrogen) atoms. The first-order valence-electron chi connectivity index (χ1n) is 9.07.